The van der Waals surface area contributed by atoms with E-state index in [1.807, 2.05) is 24.3 Å². The minimum absolute atomic E-state index is 0.0417. The Kier molecular flexibility index (Phi) is 6.47. The minimum atomic E-state index is -0.856. The van der Waals surface area contributed by atoms with Gasteiger partial charge in [-0.05, 0) is 46.9 Å². The number of aliphatic carboxylic acids is 1. The normalized spacial score (nSPS) is 21.9. The SMILES string of the molecule is O=C(O)CC1(CNC(=O)[C@H]2OCC[C@H]2NC(=O)OCC2c3ccccc3-c3ccccc32)CCC1. The molecule has 1 saturated carbocycles. The largest absolute Gasteiger partial charge is 0.481 e. The summed E-state index contributed by atoms with van der Waals surface area (Å²) >= 11 is 0. The number of alkyl carbamates (subject to hydrolysis) is 1. The second-order valence-electron chi connectivity index (χ2n) is 9.80. The van der Waals surface area contributed by atoms with Crippen molar-refractivity contribution in [3.63, 3.8) is 0 Å². The number of carbonyl (C=O) groups excluding carboxylic acids is 2. The van der Waals surface area contributed by atoms with Crippen molar-refractivity contribution in [1.82, 2.24) is 10.6 Å². The van der Waals surface area contributed by atoms with Crippen LogP contribution in [0, 0.1) is 5.41 Å². The molecule has 0 unspecified atom stereocenters. The summed E-state index contributed by atoms with van der Waals surface area (Å²) in [4.78, 5) is 36.6. The molecule has 0 radical (unpaired) electrons. The summed E-state index contributed by atoms with van der Waals surface area (Å²) in [5.74, 6) is -1.23. The van der Waals surface area contributed by atoms with E-state index in [1.54, 1.807) is 0 Å². The van der Waals surface area contributed by atoms with Crippen molar-refractivity contribution in [2.45, 2.75) is 50.2 Å². The van der Waals surface area contributed by atoms with Crippen molar-refractivity contribution < 1.29 is 29.0 Å². The van der Waals surface area contributed by atoms with Crippen LogP contribution < -0.4 is 10.6 Å². The number of carboxylic acids is 1. The molecule has 2 amide bonds. The Morgan fingerprint density at radius 1 is 1.03 bits per heavy atom. The lowest BCUT2D eigenvalue weighted by molar-refractivity contribution is -0.142. The van der Waals surface area contributed by atoms with E-state index in [0.29, 0.717) is 19.6 Å². The van der Waals surface area contributed by atoms with Crippen molar-refractivity contribution in [2.24, 2.45) is 5.41 Å². The molecule has 8 nitrogen and oxygen atoms in total. The van der Waals surface area contributed by atoms with Crippen molar-refractivity contribution in [2.75, 3.05) is 19.8 Å². The number of carboxylic acid groups (broad SMARTS) is 1. The highest BCUT2D eigenvalue weighted by Crippen LogP contribution is 2.45. The molecule has 8 heteroatoms. The van der Waals surface area contributed by atoms with Crippen LogP contribution in [-0.4, -0.2) is 55.0 Å². The van der Waals surface area contributed by atoms with E-state index in [4.69, 9.17) is 9.47 Å². The first-order valence-electron chi connectivity index (χ1n) is 12.2. The highest BCUT2D eigenvalue weighted by molar-refractivity contribution is 5.83. The fourth-order valence-electron chi connectivity index (χ4n) is 5.58. The number of hydrogen-bond donors (Lipinski definition) is 3. The number of benzene rings is 2. The molecule has 0 bridgehead atoms. The summed E-state index contributed by atoms with van der Waals surface area (Å²) < 4.78 is 11.2. The van der Waals surface area contributed by atoms with Crippen LogP contribution in [-0.2, 0) is 19.1 Å². The van der Waals surface area contributed by atoms with E-state index in [9.17, 15) is 19.5 Å². The van der Waals surface area contributed by atoms with Crippen LogP contribution in [0.25, 0.3) is 11.1 Å². The first-order valence-corrected chi connectivity index (χ1v) is 12.2. The molecule has 2 aromatic carbocycles. The molecule has 2 aliphatic carbocycles. The number of hydrogen-bond acceptors (Lipinski definition) is 5. The molecule has 1 heterocycles. The summed E-state index contributed by atoms with van der Waals surface area (Å²) in [7, 11) is 0. The Morgan fingerprint density at radius 2 is 1.69 bits per heavy atom. The molecule has 1 saturated heterocycles. The van der Waals surface area contributed by atoms with Gasteiger partial charge in [-0.2, -0.15) is 0 Å². The number of ether oxygens (including phenoxy) is 2. The summed E-state index contributed by atoms with van der Waals surface area (Å²) in [5.41, 5.74) is 4.20. The van der Waals surface area contributed by atoms with Gasteiger partial charge in [0.2, 0.25) is 0 Å². The van der Waals surface area contributed by atoms with Crippen LogP contribution in [0.4, 0.5) is 4.79 Å². The van der Waals surface area contributed by atoms with Crippen molar-refractivity contribution in [1.29, 1.82) is 0 Å². The van der Waals surface area contributed by atoms with Gasteiger partial charge >= 0.3 is 12.1 Å². The van der Waals surface area contributed by atoms with E-state index >= 15 is 0 Å². The van der Waals surface area contributed by atoms with Gasteiger partial charge in [-0.15, -0.1) is 0 Å². The fourth-order valence-corrected chi connectivity index (χ4v) is 5.58. The molecule has 184 valence electrons. The molecule has 0 spiro atoms. The molecule has 5 rings (SSSR count). The summed E-state index contributed by atoms with van der Waals surface area (Å²) in [6.07, 6.45) is 1.68. The highest BCUT2D eigenvalue weighted by Gasteiger charge is 2.41. The maximum Gasteiger partial charge on any atom is 0.407 e. The van der Waals surface area contributed by atoms with Crippen LogP contribution >= 0.6 is 0 Å². The molecular formula is C27H30N2O6. The number of rotatable bonds is 8. The van der Waals surface area contributed by atoms with Crippen molar-refractivity contribution in [3.05, 3.63) is 59.7 Å². The summed E-state index contributed by atoms with van der Waals surface area (Å²) in [6, 6.07) is 15.8. The molecule has 3 N–H and O–H groups in total. The van der Waals surface area contributed by atoms with Gasteiger partial charge in [-0.3, -0.25) is 9.59 Å². The van der Waals surface area contributed by atoms with Crippen LogP contribution in [0.5, 0.6) is 0 Å². The monoisotopic (exact) mass is 478 g/mol. The Balaban J connectivity index is 1.16. The first-order chi connectivity index (χ1) is 17.0. The van der Waals surface area contributed by atoms with E-state index in [1.165, 1.54) is 0 Å². The quantitative estimate of drug-likeness (QED) is 0.536. The average molecular weight is 479 g/mol. The maximum absolute atomic E-state index is 12.8. The van der Waals surface area contributed by atoms with Gasteiger partial charge in [-0.25, -0.2) is 4.79 Å². The summed E-state index contributed by atoms with van der Waals surface area (Å²) in [5, 5.41) is 14.8. The van der Waals surface area contributed by atoms with Crippen molar-refractivity contribution in [3.8, 4) is 11.1 Å². The Bertz CT molecular complexity index is 1080. The van der Waals surface area contributed by atoms with Gasteiger partial charge in [0.15, 0.2) is 6.10 Å². The zero-order chi connectivity index (χ0) is 24.4. The predicted molar refractivity (Wildman–Crippen MR) is 128 cm³/mol. The van der Waals surface area contributed by atoms with Crippen LogP contribution in [0.3, 0.4) is 0 Å². The zero-order valence-corrected chi connectivity index (χ0v) is 19.5. The summed E-state index contributed by atoms with van der Waals surface area (Å²) in [6.45, 7) is 0.852. The third kappa shape index (κ3) is 4.75. The Morgan fingerprint density at radius 3 is 2.29 bits per heavy atom. The molecule has 0 aromatic heterocycles. The maximum atomic E-state index is 12.8. The third-order valence-electron chi connectivity index (χ3n) is 7.58. The molecular weight excluding hydrogens is 448 g/mol. The van der Waals surface area contributed by atoms with E-state index < -0.39 is 24.2 Å². The molecule has 2 atom stereocenters. The Labute approximate surface area is 204 Å². The van der Waals surface area contributed by atoms with Gasteiger partial charge in [-0.1, -0.05) is 55.0 Å². The van der Waals surface area contributed by atoms with Crippen LogP contribution in [0.1, 0.15) is 49.1 Å². The Hall–Kier alpha value is -3.39. The zero-order valence-electron chi connectivity index (χ0n) is 19.5. The molecule has 35 heavy (non-hydrogen) atoms. The molecule has 2 fully saturated rings. The minimum Gasteiger partial charge on any atom is -0.481 e. The smallest absolute Gasteiger partial charge is 0.407 e. The number of carbonyl (C=O) groups is 3. The van der Waals surface area contributed by atoms with Gasteiger partial charge in [0.05, 0.1) is 12.5 Å². The second kappa shape index (κ2) is 9.70. The van der Waals surface area contributed by atoms with Crippen molar-refractivity contribution >= 4 is 18.0 Å². The van der Waals surface area contributed by atoms with Crippen LogP contribution in [0.15, 0.2) is 48.5 Å². The number of nitrogens with one attached hydrogen (secondary N) is 2. The van der Waals surface area contributed by atoms with E-state index in [2.05, 4.69) is 34.9 Å². The van der Waals surface area contributed by atoms with Gasteiger partial charge in [0, 0.05) is 19.1 Å². The topological polar surface area (TPSA) is 114 Å². The van der Waals surface area contributed by atoms with E-state index in [-0.39, 0.29) is 30.3 Å². The van der Waals surface area contributed by atoms with Gasteiger partial charge in [0.25, 0.3) is 5.91 Å². The van der Waals surface area contributed by atoms with Gasteiger partial charge < -0.3 is 25.2 Å². The van der Waals surface area contributed by atoms with Gasteiger partial charge in [0.1, 0.15) is 6.61 Å². The first kappa shape index (κ1) is 23.4. The lowest BCUT2D eigenvalue weighted by Gasteiger charge is -2.41. The second-order valence-corrected chi connectivity index (χ2v) is 9.80. The lowest BCUT2D eigenvalue weighted by atomic mass is 9.66. The number of fused-ring (bicyclic) bond motifs is 3. The predicted octanol–water partition coefficient (Wildman–Crippen LogP) is 3.44. The molecule has 2 aromatic rings. The number of amides is 2. The van der Waals surface area contributed by atoms with Crippen LogP contribution in [0.2, 0.25) is 0 Å². The highest BCUT2D eigenvalue weighted by atomic mass is 16.6. The van der Waals surface area contributed by atoms with E-state index in [0.717, 1.165) is 41.5 Å². The molecule has 1 aliphatic heterocycles. The standard InChI is InChI=1S/C27H30N2O6/c30-23(31)14-27(11-5-12-27)16-28-25(32)24-22(10-13-34-24)29-26(33)35-15-21-19-8-3-1-6-17(19)18-7-2-4-9-20(18)21/h1-4,6-9,21-22,24H,5,10-16H2,(H,28,32)(H,29,33)(H,30,31)/t22-,24+/m1/s1. The third-order valence-corrected chi connectivity index (χ3v) is 7.58. The lowest BCUT2D eigenvalue weighted by Crippen LogP contribution is -2.51. The molecule has 3 aliphatic rings. The average Bonchev–Trinajstić information content (AvgIpc) is 3.41. The fraction of sp³-hybridized carbons (Fsp3) is 0.444.